The highest BCUT2D eigenvalue weighted by atomic mass is 19.4. The van der Waals surface area contributed by atoms with Gasteiger partial charge >= 0.3 is 6.18 Å². The van der Waals surface area contributed by atoms with E-state index in [1.165, 1.54) is 25.8 Å². The summed E-state index contributed by atoms with van der Waals surface area (Å²) in [7, 11) is 0. The fourth-order valence-corrected chi connectivity index (χ4v) is 5.47. The van der Waals surface area contributed by atoms with Gasteiger partial charge in [0.05, 0.1) is 0 Å². The highest BCUT2D eigenvalue weighted by molar-refractivity contribution is 6.00. The maximum atomic E-state index is 12.4. The molecule has 4 rings (SSSR count). The summed E-state index contributed by atoms with van der Waals surface area (Å²) in [5.41, 5.74) is 2.25. The molecule has 0 atom stereocenters. The molecule has 32 heavy (non-hydrogen) atoms. The molecule has 0 aromatic carbocycles. The molecule has 4 aliphatic rings. The largest absolute Gasteiger partial charge is 0.389 e. The topological polar surface area (TPSA) is 40.1 Å². The van der Waals surface area contributed by atoms with Gasteiger partial charge in [-0.2, -0.15) is 13.2 Å². The second-order valence-electron chi connectivity index (χ2n) is 9.65. The molecule has 0 aliphatic carbocycles. The Hall–Kier alpha value is -1.80. The predicted octanol–water partition coefficient (Wildman–Crippen LogP) is 4.11. The Balaban J connectivity index is 1.35. The van der Waals surface area contributed by atoms with Crippen LogP contribution in [0.5, 0.6) is 0 Å². The van der Waals surface area contributed by atoms with Crippen molar-refractivity contribution in [1.82, 2.24) is 15.1 Å². The van der Waals surface area contributed by atoms with E-state index in [4.69, 9.17) is 9.73 Å². The quantitative estimate of drug-likeness (QED) is 0.591. The monoisotopic (exact) mass is 452 g/mol. The molecule has 1 N–H and O–H groups in total. The van der Waals surface area contributed by atoms with Crippen molar-refractivity contribution in [3.05, 3.63) is 36.1 Å². The molecule has 0 saturated carbocycles. The number of likely N-dealkylation sites (tertiary alicyclic amines) is 2. The minimum Gasteiger partial charge on any atom is -0.381 e. The van der Waals surface area contributed by atoms with E-state index in [1.807, 2.05) is 6.08 Å². The molecule has 3 saturated heterocycles. The van der Waals surface area contributed by atoms with Crippen molar-refractivity contribution in [2.45, 2.75) is 44.7 Å². The van der Waals surface area contributed by atoms with Crippen molar-refractivity contribution < 1.29 is 17.9 Å². The summed E-state index contributed by atoms with van der Waals surface area (Å²) in [5, 5.41) is 3.24. The first-order valence-electron chi connectivity index (χ1n) is 11.8. The normalized spacial score (nSPS) is 24.7. The molecule has 8 heteroatoms. The van der Waals surface area contributed by atoms with Gasteiger partial charge in [0.25, 0.3) is 0 Å². The van der Waals surface area contributed by atoms with Gasteiger partial charge in [0.2, 0.25) is 0 Å². The van der Waals surface area contributed by atoms with E-state index in [-0.39, 0.29) is 6.42 Å². The maximum absolute atomic E-state index is 12.4. The number of hydrogen-bond donors (Lipinski definition) is 1. The maximum Gasteiger partial charge on any atom is 0.389 e. The van der Waals surface area contributed by atoms with Crippen LogP contribution in [0.3, 0.4) is 0 Å². The Morgan fingerprint density at radius 2 is 2.00 bits per heavy atom. The zero-order valence-corrected chi connectivity index (χ0v) is 18.8. The SMILES string of the molecule is C=CCC1=C(/C=C\CCC(F)(F)F)NCN=C1N1CCC2(CN(CC3CCOCC3)C2)C1. The number of halogens is 3. The van der Waals surface area contributed by atoms with Crippen molar-refractivity contribution in [1.29, 1.82) is 0 Å². The summed E-state index contributed by atoms with van der Waals surface area (Å²) in [6.45, 7) is 11.6. The van der Waals surface area contributed by atoms with Crippen LogP contribution in [-0.2, 0) is 4.74 Å². The molecule has 1 spiro atoms. The summed E-state index contributed by atoms with van der Waals surface area (Å²) >= 11 is 0. The number of allylic oxidation sites excluding steroid dienone is 3. The summed E-state index contributed by atoms with van der Waals surface area (Å²) < 4.78 is 42.8. The molecular formula is C24H35F3N4O. The molecule has 0 aromatic heterocycles. The van der Waals surface area contributed by atoms with E-state index in [0.29, 0.717) is 18.5 Å². The van der Waals surface area contributed by atoms with E-state index >= 15 is 0 Å². The molecule has 0 aromatic rings. The van der Waals surface area contributed by atoms with Crippen LogP contribution in [0.25, 0.3) is 0 Å². The van der Waals surface area contributed by atoms with Crippen LogP contribution < -0.4 is 5.32 Å². The third-order valence-corrected chi connectivity index (χ3v) is 7.03. The van der Waals surface area contributed by atoms with Crippen molar-refractivity contribution in [2.75, 3.05) is 52.6 Å². The second kappa shape index (κ2) is 10.00. The van der Waals surface area contributed by atoms with Crippen molar-refractivity contribution in [3.8, 4) is 0 Å². The summed E-state index contributed by atoms with van der Waals surface area (Å²) in [4.78, 5) is 9.73. The minimum absolute atomic E-state index is 0.0156. The van der Waals surface area contributed by atoms with Crippen LogP contribution in [0.2, 0.25) is 0 Å². The molecule has 0 radical (unpaired) electrons. The Bertz CT molecular complexity index is 762. The third kappa shape index (κ3) is 5.76. The van der Waals surface area contributed by atoms with Gasteiger partial charge in [0.1, 0.15) is 12.5 Å². The van der Waals surface area contributed by atoms with E-state index in [1.54, 1.807) is 12.2 Å². The third-order valence-electron chi connectivity index (χ3n) is 7.03. The lowest BCUT2D eigenvalue weighted by atomic mass is 9.78. The Kier molecular flexibility index (Phi) is 7.30. The van der Waals surface area contributed by atoms with Gasteiger partial charge in [0.15, 0.2) is 0 Å². The van der Waals surface area contributed by atoms with Gasteiger partial charge in [-0.25, -0.2) is 4.99 Å². The van der Waals surface area contributed by atoms with Gasteiger partial charge < -0.3 is 19.9 Å². The van der Waals surface area contributed by atoms with Crippen molar-refractivity contribution in [2.24, 2.45) is 16.3 Å². The number of alkyl halides is 3. The minimum atomic E-state index is -4.12. The fourth-order valence-electron chi connectivity index (χ4n) is 5.47. The van der Waals surface area contributed by atoms with Crippen molar-refractivity contribution in [3.63, 3.8) is 0 Å². The van der Waals surface area contributed by atoms with Crippen LogP contribution >= 0.6 is 0 Å². The number of hydrogen-bond acceptors (Lipinski definition) is 5. The van der Waals surface area contributed by atoms with Crippen LogP contribution in [0.1, 0.15) is 38.5 Å². The number of rotatable bonds is 7. The fraction of sp³-hybridized carbons (Fsp3) is 0.708. The van der Waals surface area contributed by atoms with Gasteiger partial charge in [-0.3, -0.25) is 0 Å². The summed E-state index contributed by atoms with van der Waals surface area (Å²) in [6, 6.07) is 0. The van der Waals surface area contributed by atoms with Gasteiger partial charge in [-0.05, 0) is 44.1 Å². The Labute approximate surface area is 189 Å². The lowest BCUT2D eigenvalue weighted by Crippen LogP contribution is -2.59. The smallest absolute Gasteiger partial charge is 0.381 e. The zero-order valence-electron chi connectivity index (χ0n) is 18.8. The van der Waals surface area contributed by atoms with E-state index in [2.05, 4.69) is 21.7 Å². The molecule has 0 bridgehead atoms. The zero-order chi connectivity index (χ0) is 22.6. The first kappa shape index (κ1) is 23.4. The number of aliphatic imine (C=N–C) groups is 1. The molecule has 3 fully saturated rings. The molecule has 5 nitrogen and oxygen atoms in total. The lowest BCUT2D eigenvalue weighted by molar-refractivity contribution is -0.133. The molecule has 178 valence electrons. The predicted molar refractivity (Wildman–Crippen MR) is 120 cm³/mol. The molecule has 4 heterocycles. The average molecular weight is 453 g/mol. The summed E-state index contributed by atoms with van der Waals surface area (Å²) in [5.74, 6) is 1.75. The van der Waals surface area contributed by atoms with E-state index < -0.39 is 12.6 Å². The molecule has 4 aliphatic heterocycles. The highest BCUT2D eigenvalue weighted by Crippen LogP contribution is 2.41. The van der Waals surface area contributed by atoms with E-state index in [0.717, 1.165) is 62.4 Å². The van der Waals surface area contributed by atoms with Gasteiger partial charge in [-0.15, -0.1) is 6.58 Å². The molecule has 0 amide bonds. The average Bonchev–Trinajstić information content (AvgIpc) is 3.17. The number of nitrogens with zero attached hydrogens (tertiary/aromatic N) is 3. The Morgan fingerprint density at radius 1 is 1.22 bits per heavy atom. The van der Waals surface area contributed by atoms with Crippen LogP contribution in [-0.4, -0.2) is 74.4 Å². The van der Waals surface area contributed by atoms with Crippen LogP contribution in [0, 0.1) is 11.3 Å². The number of ether oxygens (including phenoxy) is 1. The van der Waals surface area contributed by atoms with Crippen LogP contribution in [0.4, 0.5) is 13.2 Å². The van der Waals surface area contributed by atoms with Crippen LogP contribution in [0.15, 0.2) is 41.1 Å². The Morgan fingerprint density at radius 3 is 2.72 bits per heavy atom. The number of amidine groups is 1. The first-order valence-corrected chi connectivity index (χ1v) is 11.8. The van der Waals surface area contributed by atoms with E-state index in [9.17, 15) is 13.2 Å². The summed E-state index contributed by atoms with van der Waals surface area (Å²) in [6.07, 6.45) is 4.45. The second-order valence-corrected chi connectivity index (χ2v) is 9.65. The molecular weight excluding hydrogens is 417 g/mol. The van der Waals surface area contributed by atoms with Gasteiger partial charge in [-0.1, -0.05) is 12.2 Å². The number of nitrogens with one attached hydrogen (secondary N) is 1. The molecule has 0 unspecified atom stereocenters. The van der Waals surface area contributed by atoms with Crippen molar-refractivity contribution >= 4 is 5.84 Å². The lowest BCUT2D eigenvalue weighted by Gasteiger charge is -2.49. The van der Waals surface area contributed by atoms with Gasteiger partial charge in [0, 0.05) is 69.0 Å². The standard InChI is InChI=1S/C24H35F3N4O/c1-2-5-20-21(6-3-4-9-24(25,26)27)28-18-29-22(20)31-11-10-23(17-31)15-30(16-23)14-19-7-12-32-13-8-19/h2-3,6,19,28H,1,4-5,7-18H2/b6-3-. The first-order chi connectivity index (χ1) is 15.4. The highest BCUT2D eigenvalue weighted by Gasteiger charge is 2.48.